The van der Waals surface area contributed by atoms with Crippen LogP contribution in [0.2, 0.25) is 5.02 Å². The zero-order chi connectivity index (χ0) is 20.5. The molecule has 7 heteroatoms. The third-order valence-corrected chi connectivity index (χ3v) is 4.84. The summed E-state index contributed by atoms with van der Waals surface area (Å²) in [6, 6.07) is 18.2. The van der Waals surface area contributed by atoms with Gasteiger partial charge in [0.05, 0.1) is 5.56 Å². The smallest absolute Gasteiger partial charge is 0.308 e. The lowest BCUT2D eigenvalue weighted by Crippen LogP contribution is -2.25. The zero-order valence-corrected chi connectivity index (χ0v) is 16.5. The lowest BCUT2D eigenvalue weighted by Gasteiger charge is -2.20. The number of ether oxygens (including phenoxy) is 2. The summed E-state index contributed by atoms with van der Waals surface area (Å²) in [6.07, 6.45) is -0.819. The van der Waals surface area contributed by atoms with Crippen LogP contribution in [0.25, 0.3) is 10.8 Å². The summed E-state index contributed by atoms with van der Waals surface area (Å²) in [5.74, 6) is -0.290. The number of benzene rings is 3. The van der Waals surface area contributed by atoms with Gasteiger partial charge in [0.15, 0.2) is 0 Å². The lowest BCUT2D eigenvalue weighted by atomic mass is 10.0. The van der Waals surface area contributed by atoms with Crippen LogP contribution in [0.4, 0.5) is 0 Å². The van der Waals surface area contributed by atoms with E-state index in [0.29, 0.717) is 21.9 Å². The van der Waals surface area contributed by atoms with Crippen molar-refractivity contribution in [1.82, 2.24) is 5.01 Å². The fourth-order valence-electron chi connectivity index (χ4n) is 3.26. The van der Waals surface area contributed by atoms with Crippen molar-refractivity contribution in [1.29, 1.82) is 0 Å². The van der Waals surface area contributed by atoms with Gasteiger partial charge in [0.1, 0.15) is 5.75 Å². The van der Waals surface area contributed by atoms with Gasteiger partial charge in [-0.15, -0.1) is 5.10 Å². The van der Waals surface area contributed by atoms with Gasteiger partial charge in [-0.25, -0.2) is 0 Å². The van der Waals surface area contributed by atoms with Crippen molar-refractivity contribution in [2.24, 2.45) is 5.10 Å². The highest BCUT2D eigenvalue weighted by atomic mass is 35.5. The van der Waals surface area contributed by atoms with Gasteiger partial charge in [0, 0.05) is 24.4 Å². The van der Waals surface area contributed by atoms with E-state index in [-0.39, 0.29) is 11.8 Å². The van der Waals surface area contributed by atoms with Crippen molar-refractivity contribution in [3.8, 4) is 5.75 Å². The summed E-state index contributed by atoms with van der Waals surface area (Å²) in [6.45, 7) is 2.72. The molecule has 1 heterocycles. The molecule has 4 rings (SSSR count). The second kappa shape index (κ2) is 7.56. The van der Waals surface area contributed by atoms with Crippen LogP contribution in [0.1, 0.15) is 31.2 Å². The fourth-order valence-corrected chi connectivity index (χ4v) is 3.49. The molecule has 0 aliphatic carbocycles. The van der Waals surface area contributed by atoms with Crippen LogP contribution in [0.5, 0.6) is 5.75 Å². The standard InChI is InChI=1S/C22H17ClN2O4/c1-13(26)25-22(17-9-5-6-10-18(17)23)29-21(24-25)20-16-8-4-3-7-15(16)11-12-19(20)28-14(2)27/h3-12,22H,1-2H3/t22-/m0/s1. The van der Waals surface area contributed by atoms with E-state index in [1.54, 1.807) is 24.3 Å². The number of hydrogen-bond donors (Lipinski definition) is 0. The molecule has 0 radical (unpaired) electrons. The minimum Gasteiger partial charge on any atom is -0.445 e. The Labute approximate surface area is 172 Å². The van der Waals surface area contributed by atoms with Crippen LogP contribution < -0.4 is 4.74 Å². The van der Waals surface area contributed by atoms with Crippen LogP contribution in [-0.4, -0.2) is 22.8 Å². The molecule has 0 bridgehead atoms. The second-order valence-corrected chi connectivity index (χ2v) is 6.92. The molecule has 3 aromatic rings. The quantitative estimate of drug-likeness (QED) is 0.467. The Kier molecular flexibility index (Phi) is 4.94. The number of halogens is 1. The summed E-state index contributed by atoms with van der Waals surface area (Å²) in [5, 5.41) is 7.79. The highest BCUT2D eigenvalue weighted by Crippen LogP contribution is 2.38. The molecule has 0 N–H and O–H groups in total. The monoisotopic (exact) mass is 408 g/mol. The predicted molar refractivity (Wildman–Crippen MR) is 110 cm³/mol. The van der Waals surface area contributed by atoms with Crippen LogP contribution >= 0.6 is 11.6 Å². The summed E-state index contributed by atoms with van der Waals surface area (Å²) in [4.78, 5) is 23.9. The first-order chi connectivity index (χ1) is 14.0. The minimum absolute atomic E-state index is 0.179. The number of carbonyl (C=O) groups is 2. The number of nitrogens with zero attached hydrogens (tertiary/aromatic N) is 2. The van der Waals surface area contributed by atoms with Gasteiger partial charge in [-0.2, -0.15) is 5.01 Å². The summed E-state index contributed by atoms with van der Waals surface area (Å²) >= 11 is 6.32. The first kappa shape index (κ1) is 19.0. The molecular weight excluding hydrogens is 392 g/mol. The highest BCUT2D eigenvalue weighted by molar-refractivity contribution is 6.31. The van der Waals surface area contributed by atoms with Gasteiger partial charge in [-0.1, -0.05) is 60.1 Å². The van der Waals surface area contributed by atoms with Gasteiger partial charge in [-0.05, 0) is 22.9 Å². The topological polar surface area (TPSA) is 68.2 Å². The first-order valence-electron chi connectivity index (χ1n) is 8.95. The van der Waals surface area contributed by atoms with Crippen molar-refractivity contribution >= 4 is 40.1 Å². The Morgan fingerprint density at radius 2 is 1.76 bits per heavy atom. The van der Waals surface area contributed by atoms with Crippen molar-refractivity contribution < 1.29 is 19.1 Å². The Balaban J connectivity index is 1.87. The van der Waals surface area contributed by atoms with Crippen molar-refractivity contribution in [3.63, 3.8) is 0 Å². The Morgan fingerprint density at radius 3 is 2.48 bits per heavy atom. The number of carbonyl (C=O) groups excluding carboxylic acids is 2. The molecule has 146 valence electrons. The molecule has 0 spiro atoms. The lowest BCUT2D eigenvalue weighted by molar-refractivity contribution is -0.135. The fraction of sp³-hybridized carbons (Fsp3) is 0.136. The van der Waals surface area contributed by atoms with Crippen LogP contribution in [0.15, 0.2) is 65.8 Å². The maximum atomic E-state index is 12.3. The summed E-state index contributed by atoms with van der Waals surface area (Å²) < 4.78 is 11.5. The molecule has 1 amide bonds. The van der Waals surface area contributed by atoms with Gasteiger partial charge in [-0.3, -0.25) is 9.59 Å². The molecule has 0 fully saturated rings. The van der Waals surface area contributed by atoms with E-state index in [1.165, 1.54) is 18.9 Å². The van der Waals surface area contributed by atoms with E-state index in [9.17, 15) is 9.59 Å². The van der Waals surface area contributed by atoms with Crippen LogP contribution in [-0.2, 0) is 14.3 Å². The largest absolute Gasteiger partial charge is 0.445 e. The number of hydrogen-bond acceptors (Lipinski definition) is 5. The maximum absolute atomic E-state index is 12.3. The molecular formula is C22H17ClN2O4. The molecule has 6 nitrogen and oxygen atoms in total. The van der Waals surface area contributed by atoms with Crippen molar-refractivity contribution in [3.05, 3.63) is 76.8 Å². The molecule has 1 aliphatic rings. The Morgan fingerprint density at radius 1 is 1.03 bits per heavy atom. The predicted octanol–water partition coefficient (Wildman–Crippen LogP) is 4.66. The second-order valence-electron chi connectivity index (χ2n) is 6.51. The highest BCUT2D eigenvalue weighted by Gasteiger charge is 2.36. The average Bonchev–Trinajstić information content (AvgIpc) is 3.12. The number of fused-ring (bicyclic) bond motifs is 1. The molecule has 0 aromatic heterocycles. The number of hydrazone groups is 1. The Bertz CT molecular complexity index is 1160. The molecule has 0 saturated carbocycles. The number of rotatable bonds is 3. The third-order valence-electron chi connectivity index (χ3n) is 4.50. The van der Waals surface area contributed by atoms with E-state index < -0.39 is 12.2 Å². The zero-order valence-electron chi connectivity index (χ0n) is 15.8. The summed E-state index contributed by atoms with van der Waals surface area (Å²) in [5.41, 5.74) is 1.11. The molecule has 3 aromatic carbocycles. The number of amides is 1. The van der Waals surface area contributed by atoms with Crippen molar-refractivity contribution in [2.45, 2.75) is 20.1 Å². The summed E-state index contributed by atoms with van der Waals surface area (Å²) in [7, 11) is 0. The molecule has 0 unspecified atom stereocenters. The van der Waals surface area contributed by atoms with Crippen LogP contribution in [0, 0.1) is 0 Å². The molecule has 29 heavy (non-hydrogen) atoms. The Hall–Kier alpha value is -3.38. The van der Waals surface area contributed by atoms with E-state index >= 15 is 0 Å². The normalized spacial score (nSPS) is 15.8. The molecule has 1 atom stereocenters. The van der Waals surface area contributed by atoms with Gasteiger partial charge in [0.2, 0.25) is 18.0 Å². The van der Waals surface area contributed by atoms with E-state index in [0.717, 1.165) is 10.8 Å². The van der Waals surface area contributed by atoms with E-state index in [4.69, 9.17) is 21.1 Å². The van der Waals surface area contributed by atoms with Gasteiger partial charge < -0.3 is 9.47 Å². The minimum atomic E-state index is -0.819. The SMILES string of the molecule is CC(=O)Oc1ccc2ccccc2c1C1=NN(C(C)=O)[C@H](c2ccccc2Cl)O1. The van der Waals surface area contributed by atoms with E-state index in [1.807, 2.05) is 36.4 Å². The van der Waals surface area contributed by atoms with Gasteiger partial charge in [0.25, 0.3) is 0 Å². The third kappa shape index (κ3) is 3.54. The van der Waals surface area contributed by atoms with Crippen molar-refractivity contribution in [2.75, 3.05) is 0 Å². The van der Waals surface area contributed by atoms with Crippen LogP contribution in [0.3, 0.4) is 0 Å². The first-order valence-corrected chi connectivity index (χ1v) is 9.33. The molecule has 1 aliphatic heterocycles. The average molecular weight is 409 g/mol. The maximum Gasteiger partial charge on any atom is 0.308 e. The van der Waals surface area contributed by atoms with E-state index in [2.05, 4.69) is 5.10 Å². The number of esters is 1. The van der Waals surface area contributed by atoms with Gasteiger partial charge >= 0.3 is 5.97 Å². The molecule has 0 saturated heterocycles.